The van der Waals surface area contributed by atoms with Crippen LogP contribution in [0.5, 0.6) is 0 Å². The molecule has 0 aromatic heterocycles. The minimum absolute atomic E-state index is 0.00899. The highest BCUT2D eigenvalue weighted by Gasteiger charge is 2.19. The molecule has 0 atom stereocenters. The van der Waals surface area contributed by atoms with Crippen molar-refractivity contribution >= 4 is 33.6 Å². The van der Waals surface area contributed by atoms with Crippen LogP contribution in [-0.2, 0) is 9.53 Å². The molecule has 1 aromatic rings. The van der Waals surface area contributed by atoms with Crippen molar-refractivity contribution in [2.24, 2.45) is 0 Å². The summed E-state index contributed by atoms with van der Waals surface area (Å²) in [4.78, 5) is 23.6. The van der Waals surface area contributed by atoms with E-state index in [0.717, 1.165) is 11.0 Å². The molecule has 0 aliphatic rings. The van der Waals surface area contributed by atoms with Gasteiger partial charge in [-0.15, -0.1) is 0 Å². The summed E-state index contributed by atoms with van der Waals surface area (Å²) in [6.45, 7) is -0.446. The molecule has 0 unspecified atom stereocenters. The van der Waals surface area contributed by atoms with Crippen LogP contribution in [0.3, 0.4) is 0 Å². The molecule has 0 radical (unpaired) electrons. The Morgan fingerprint density at radius 2 is 2.10 bits per heavy atom. The average molecular weight is 367 g/mol. The number of carbonyl (C=O) groups excluding carboxylic acids is 1. The molecule has 2 amide bonds. The maximum absolute atomic E-state index is 13.6. The minimum Gasteiger partial charge on any atom is -0.480 e. The first kappa shape index (κ1) is 17.3. The van der Waals surface area contributed by atoms with Gasteiger partial charge in [-0.05, 0) is 22.0 Å². The lowest BCUT2D eigenvalue weighted by molar-refractivity contribution is -0.137. The quantitative estimate of drug-likeness (QED) is 0.809. The van der Waals surface area contributed by atoms with Gasteiger partial charge >= 0.3 is 12.0 Å². The molecule has 0 saturated carbocycles. The Hall–Kier alpha value is -1.74. The van der Waals surface area contributed by atoms with Crippen LogP contribution in [0.25, 0.3) is 0 Å². The van der Waals surface area contributed by atoms with Gasteiger partial charge in [0, 0.05) is 24.2 Å². The van der Waals surface area contributed by atoms with Crippen molar-refractivity contribution in [3.8, 4) is 0 Å². The molecule has 1 rings (SSSR count). The van der Waals surface area contributed by atoms with Crippen molar-refractivity contribution in [2.45, 2.75) is 0 Å². The van der Waals surface area contributed by atoms with E-state index in [9.17, 15) is 18.4 Å². The topological polar surface area (TPSA) is 78.9 Å². The Labute approximate surface area is 127 Å². The molecule has 116 valence electrons. The number of nitrogens with zero attached hydrogens (tertiary/aromatic N) is 1. The number of aliphatic carboxylic acids is 1. The molecule has 9 heteroatoms. The highest BCUT2D eigenvalue weighted by Crippen LogP contribution is 2.27. The summed E-state index contributed by atoms with van der Waals surface area (Å²) in [5.74, 6) is -3.00. The lowest BCUT2D eigenvalue weighted by atomic mass is 10.3. The number of rotatable bonds is 6. The van der Waals surface area contributed by atoms with Crippen LogP contribution in [0.4, 0.5) is 19.3 Å². The molecule has 6 nitrogen and oxygen atoms in total. The Balaban J connectivity index is 2.88. The molecule has 0 fully saturated rings. The Morgan fingerprint density at radius 3 is 2.62 bits per heavy atom. The van der Waals surface area contributed by atoms with Crippen molar-refractivity contribution in [1.29, 1.82) is 0 Å². The number of urea groups is 1. The first-order valence-corrected chi connectivity index (χ1v) is 6.55. The second kappa shape index (κ2) is 7.89. The van der Waals surface area contributed by atoms with Crippen LogP contribution in [0, 0.1) is 11.6 Å². The maximum Gasteiger partial charge on any atom is 0.323 e. The Morgan fingerprint density at radius 1 is 1.43 bits per heavy atom. The zero-order valence-electron chi connectivity index (χ0n) is 11.0. The Bertz CT molecular complexity index is 519. The zero-order chi connectivity index (χ0) is 16.0. The lowest BCUT2D eigenvalue weighted by Crippen LogP contribution is -2.41. The van der Waals surface area contributed by atoms with E-state index in [1.807, 2.05) is 0 Å². The second-order valence-electron chi connectivity index (χ2n) is 3.98. The van der Waals surface area contributed by atoms with Gasteiger partial charge in [0.05, 0.1) is 12.3 Å². The van der Waals surface area contributed by atoms with Gasteiger partial charge in [0.2, 0.25) is 0 Å². The lowest BCUT2D eigenvalue weighted by Gasteiger charge is -2.21. The number of halogens is 3. The monoisotopic (exact) mass is 366 g/mol. The molecule has 0 aliphatic heterocycles. The van der Waals surface area contributed by atoms with E-state index in [0.29, 0.717) is 6.07 Å². The summed E-state index contributed by atoms with van der Waals surface area (Å²) in [7, 11) is 1.40. The third kappa shape index (κ3) is 5.27. The first-order valence-electron chi connectivity index (χ1n) is 5.76. The second-order valence-corrected chi connectivity index (χ2v) is 4.84. The van der Waals surface area contributed by atoms with E-state index in [1.54, 1.807) is 0 Å². The normalized spacial score (nSPS) is 10.3. The van der Waals surface area contributed by atoms with Gasteiger partial charge in [-0.1, -0.05) is 0 Å². The van der Waals surface area contributed by atoms with Gasteiger partial charge < -0.3 is 20.1 Å². The number of hydrogen-bond donors (Lipinski definition) is 2. The first-order chi connectivity index (χ1) is 9.85. The summed E-state index contributed by atoms with van der Waals surface area (Å²) in [5, 5.41) is 10.9. The fourth-order valence-corrected chi connectivity index (χ4v) is 1.97. The molecular weight excluding hydrogens is 354 g/mol. The number of anilines is 1. The number of amides is 2. The molecule has 2 N–H and O–H groups in total. The van der Waals surface area contributed by atoms with Crippen molar-refractivity contribution in [3.05, 3.63) is 28.2 Å². The number of methoxy groups -OCH3 is 1. The minimum atomic E-state index is -1.22. The van der Waals surface area contributed by atoms with Crippen LogP contribution >= 0.6 is 15.9 Å². The molecule has 21 heavy (non-hydrogen) atoms. The van der Waals surface area contributed by atoms with Crippen LogP contribution in [0.2, 0.25) is 0 Å². The van der Waals surface area contributed by atoms with Crippen LogP contribution < -0.4 is 5.32 Å². The number of carboxylic acid groups (broad SMARTS) is 1. The summed E-state index contributed by atoms with van der Waals surface area (Å²) in [5.41, 5.74) is -0.269. The van der Waals surface area contributed by atoms with Crippen LogP contribution in [0.1, 0.15) is 0 Å². The summed E-state index contributed by atoms with van der Waals surface area (Å²) < 4.78 is 31.3. The number of ether oxygens (including phenoxy) is 1. The van der Waals surface area contributed by atoms with Crippen molar-refractivity contribution in [3.63, 3.8) is 0 Å². The molecule has 0 bridgehead atoms. The number of carbonyl (C=O) groups is 2. The van der Waals surface area contributed by atoms with E-state index in [1.165, 1.54) is 7.11 Å². The third-order valence-electron chi connectivity index (χ3n) is 2.42. The van der Waals surface area contributed by atoms with Crippen molar-refractivity contribution < 1.29 is 28.2 Å². The highest BCUT2D eigenvalue weighted by atomic mass is 79.9. The summed E-state index contributed by atoms with van der Waals surface area (Å²) >= 11 is 2.92. The number of carboxylic acids is 1. The zero-order valence-corrected chi connectivity index (χ0v) is 12.6. The van der Waals surface area contributed by atoms with E-state index in [2.05, 4.69) is 21.2 Å². The van der Waals surface area contributed by atoms with Gasteiger partial charge in [-0.25, -0.2) is 13.6 Å². The molecule has 0 aliphatic carbocycles. The van der Waals surface area contributed by atoms with E-state index in [-0.39, 0.29) is 23.3 Å². The maximum atomic E-state index is 13.6. The molecule has 0 heterocycles. The van der Waals surface area contributed by atoms with Crippen LogP contribution in [-0.4, -0.2) is 48.8 Å². The van der Waals surface area contributed by atoms with Crippen LogP contribution in [0.15, 0.2) is 16.6 Å². The fourth-order valence-electron chi connectivity index (χ4n) is 1.46. The summed E-state index contributed by atoms with van der Waals surface area (Å²) in [6, 6.07) is 0.757. The van der Waals surface area contributed by atoms with Gasteiger partial charge in [0.1, 0.15) is 12.4 Å². The molecule has 1 aromatic carbocycles. The van der Waals surface area contributed by atoms with Crippen molar-refractivity contribution in [1.82, 2.24) is 4.90 Å². The highest BCUT2D eigenvalue weighted by molar-refractivity contribution is 9.10. The number of benzene rings is 1. The Kier molecular flexibility index (Phi) is 6.50. The van der Waals surface area contributed by atoms with E-state index < -0.39 is 30.2 Å². The van der Waals surface area contributed by atoms with Gasteiger partial charge in [0.15, 0.2) is 5.82 Å². The smallest absolute Gasteiger partial charge is 0.323 e. The van der Waals surface area contributed by atoms with E-state index in [4.69, 9.17) is 9.84 Å². The molecular formula is C12H13BrF2N2O4. The average Bonchev–Trinajstić information content (AvgIpc) is 2.38. The SMILES string of the molecule is COCCN(CC(=O)O)C(=O)Nc1c(F)cc(F)cc1Br. The largest absolute Gasteiger partial charge is 0.480 e. The van der Waals surface area contributed by atoms with Crippen molar-refractivity contribution in [2.75, 3.05) is 32.1 Å². The van der Waals surface area contributed by atoms with Gasteiger partial charge in [0.25, 0.3) is 0 Å². The standard InChI is InChI=1S/C12H13BrF2N2O4/c1-21-3-2-17(6-10(18)19)12(20)16-11-8(13)4-7(14)5-9(11)15/h4-5H,2-3,6H2,1H3,(H,16,20)(H,18,19). The van der Waals surface area contributed by atoms with Gasteiger partial charge in [-0.2, -0.15) is 0 Å². The number of nitrogens with one attached hydrogen (secondary N) is 1. The summed E-state index contributed by atoms with van der Waals surface area (Å²) in [6.07, 6.45) is 0. The third-order valence-corrected chi connectivity index (χ3v) is 3.04. The van der Waals surface area contributed by atoms with Gasteiger partial charge in [-0.3, -0.25) is 4.79 Å². The molecule has 0 saturated heterocycles. The van der Waals surface area contributed by atoms with E-state index >= 15 is 0 Å². The predicted molar refractivity (Wildman–Crippen MR) is 74.2 cm³/mol. The molecule has 0 spiro atoms. The predicted octanol–water partition coefficient (Wildman–Crippen LogP) is 2.29. The number of hydrogen-bond acceptors (Lipinski definition) is 3. The fraction of sp³-hybridized carbons (Fsp3) is 0.333.